The van der Waals surface area contributed by atoms with Gasteiger partial charge in [-0.05, 0) is 37.7 Å². The fraction of sp³-hybridized carbons (Fsp3) is 0.636. The molecule has 2 fully saturated rings. The van der Waals surface area contributed by atoms with Crippen LogP contribution in [0.15, 0.2) is 30.3 Å². The van der Waals surface area contributed by atoms with Crippen molar-refractivity contribution in [1.82, 2.24) is 15.1 Å². The quantitative estimate of drug-likeness (QED) is 0.801. The molecule has 148 valence electrons. The maximum atomic E-state index is 12.7. The van der Waals surface area contributed by atoms with E-state index in [9.17, 15) is 9.59 Å². The van der Waals surface area contributed by atoms with Gasteiger partial charge in [-0.1, -0.05) is 43.2 Å². The molecule has 2 amide bonds. The first-order valence-corrected chi connectivity index (χ1v) is 10.5. The first kappa shape index (κ1) is 19.9. The molecule has 0 aromatic heterocycles. The van der Waals surface area contributed by atoms with Crippen LogP contribution >= 0.6 is 0 Å². The maximum Gasteiger partial charge on any atom is 0.237 e. The molecule has 1 unspecified atom stereocenters. The molecule has 1 aromatic carbocycles. The van der Waals surface area contributed by atoms with E-state index >= 15 is 0 Å². The third kappa shape index (κ3) is 5.32. The summed E-state index contributed by atoms with van der Waals surface area (Å²) in [6.07, 6.45) is 6.13. The van der Waals surface area contributed by atoms with Crippen molar-refractivity contribution < 1.29 is 9.59 Å². The van der Waals surface area contributed by atoms with Crippen molar-refractivity contribution >= 4 is 11.8 Å². The first-order valence-electron chi connectivity index (χ1n) is 10.5. The van der Waals surface area contributed by atoms with Gasteiger partial charge in [0.05, 0.1) is 6.04 Å². The van der Waals surface area contributed by atoms with Gasteiger partial charge in [0.1, 0.15) is 0 Å². The van der Waals surface area contributed by atoms with Crippen molar-refractivity contribution in [2.24, 2.45) is 5.92 Å². The molecule has 3 rings (SSSR count). The lowest BCUT2D eigenvalue weighted by atomic mass is 9.95. The minimum absolute atomic E-state index is 0.0194. The number of nitrogens with zero attached hydrogens (tertiary/aromatic N) is 2. The van der Waals surface area contributed by atoms with E-state index < -0.39 is 0 Å². The summed E-state index contributed by atoms with van der Waals surface area (Å²) in [7, 11) is 0. The Morgan fingerprint density at radius 1 is 1.07 bits per heavy atom. The van der Waals surface area contributed by atoms with E-state index in [2.05, 4.69) is 22.3 Å². The van der Waals surface area contributed by atoms with Crippen LogP contribution in [0.5, 0.6) is 0 Å². The molecule has 1 atom stereocenters. The van der Waals surface area contributed by atoms with Crippen LogP contribution in [0.1, 0.15) is 44.6 Å². The van der Waals surface area contributed by atoms with Gasteiger partial charge in [-0.2, -0.15) is 0 Å². The smallest absolute Gasteiger partial charge is 0.237 e. The Kier molecular flexibility index (Phi) is 7.27. The van der Waals surface area contributed by atoms with Crippen LogP contribution in [0.3, 0.4) is 0 Å². The number of hydrogen-bond acceptors (Lipinski definition) is 3. The highest BCUT2D eigenvalue weighted by Crippen LogP contribution is 2.31. The third-order valence-electron chi connectivity index (χ3n) is 6.00. The van der Waals surface area contributed by atoms with Crippen molar-refractivity contribution in [2.45, 2.75) is 51.5 Å². The number of likely N-dealkylation sites (N-methyl/N-ethyl adjacent to an activating group) is 1. The molecule has 1 aromatic rings. The molecule has 0 radical (unpaired) electrons. The lowest BCUT2D eigenvalue weighted by Crippen LogP contribution is -2.58. The molecule has 1 heterocycles. The van der Waals surface area contributed by atoms with Crippen LogP contribution in [-0.2, 0) is 16.0 Å². The van der Waals surface area contributed by atoms with Gasteiger partial charge in [-0.3, -0.25) is 14.5 Å². The predicted octanol–water partition coefficient (Wildman–Crippen LogP) is 2.46. The van der Waals surface area contributed by atoms with Gasteiger partial charge in [0.15, 0.2) is 0 Å². The highest BCUT2D eigenvalue weighted by atomic mass is 16.2. The average Bonchev–Trinajstić information content (AvgIpc) is 3.22. The maximum absolute atomic E-state index is 12.7. The molecule has 1 aliphatic heterocycles. The molecule has 1 saturated carbocycles. The van der Waals surface area contributed by atoms with E-state index in [1.54, 1.807) is 0 Å². The van der Waals surface area contributed by atoms with E-state index in [4.69, 9.17) is 0 Å². The Labute approximate surface area is 163 Å². The number of carbonyl (C=O) groups excluding carboxylic acids is 2. The van der Waals surface area contributed by atoms with E-state index in [1.165, 1.54) is 18.4 Å². The third-order valence-corrected chi connectivity index (χ3v) is 6.00. The second-order valence-electron chi connectivity index (χ2n) is 7.79. The zero-order valence-corrected chi connectivity index (χ0v) is 16.5. The number of aryl methyl sites for hydroxylation is 1. The number of piperazine rings is 1. The molecular weight excluding hydrogens is 338 g/mol. The molecule has 1 aliphatic carbocycles. The summed E-state index contributed by atoms with van der Waals surface area (Å²) in [5.41, 5.74) is 1.21. The summed E-state index contributed by atoms with van der Waals surface area (Å²) in [4.78, 5) is 29.5. The SMILES string of the molecule is CCNC(=O)C(C1CCCC1)N1CCN(C(=O)CCc2ccccc2)CC1. The van der Waals surface area contributed by atoms with E-state index in [0.29, 0.717) is 18.9 Å². The van der Waals surface area contributed by atoms with Crippen molar-refractivity contribution in [3.8, 4) is 0 Å². The van der Waals surface area contributed by atoms with E-state index in [-0.39, 0.29) is 17.9 Å². The monoisotopic (exact) mass is 371 g/mol. The van der Waals surface area contributed by atoms with Crippen LogP contribution in [0, 0.1) is 5.92 Å². The standard InChI is InChI=1S/C22H33N3O2/c1-2-23-22(27)21(19-10-6-7-11-19)25-16-14-24(15-17-25)20(26)13-12-18-8-4-3-5-9-18/h3-5,8-9,19,21H,2,6-7,10-17H2,1H3,(H,23,27). The molecule has 0 bridgehead atoms. The van der Waals surface area contributed by atoms with Gasteiger partial charge in [-0.15, -0.1) is 0 Å². The number of amides is 2. The van der Waals surface area contributed by atoms with Crippen molar-refractivity contribution in [3.63, 3.8) is 0 Å². The second-order valence-corrected chi connectivity index (χ2v) is 7.79. The van der Waals surface area contributed by atoms with Gasteiger partial charge >= 0.3 is 0 Å². The molecule has 27 heavy (non-hydrogen) atoms. The van der Waals surface area contributed by atoms with Crippen LogP contribution in [0.4, 0.5) is 0 Å². The summed E-state index contributed by atoms with van der Waals surface area (Å²) >= 11 is 0. The van der Waals surface area contributed by atoms with Crippen molar-refractivity contribution in [1.29, 1.82) is 0 Å². The summed E-state index contributed by atoms with van der Waals surface area (Å²) < 4.78 is 0. The normalized spacial score (nSPS) is 19.8. The molecule has 5 nitrogen and oxygen atoms in total. The fourth-order valence-electron chi connectivity index (χ4n) is 4.53. The summed E-state index contributed by atoms with van der Waals surface area (Å²) in [6.45, 7) is 5.73. The Morgan fingerprint density at radius 3 is 2.37 bits per heavy atom. The minimum Gasteiger partial charge on any atom is -0.355 e. The molecule has 2 aliphatic rings. The zero-order chi connectivity index (χ0) is 19.1. The highest BCUT2D eigenvalue weighted by Gasteiger charge is 2.36. The Balaban J connectivity index is 1.51. The van der Waals surface area contributed by atoms with E-state index in [0.717, 1.165) is 45.4 Å². The summed E-state index contributed by atoms with van der Waals surface area (Å²) in [5.74, 6) is 0.874. The van der Waals surface area contributed by atoms with Gasteiger partial charge in [0.2, 0.25) is 11.8 Å². The predicted molar refractivity (Wildman–Crippen MR) is 107 cm³/mol. The Bertz CT molecular complexity index is 605. The minimum atomic E-state index is -0.0194. The van der Waals surface area contributed by atoms with Crippen LogP contribution in [0.25, 0.3) is 0 Å². The van der Waals surface area contributed by atoms with Crippen LogP contribution < -0.4 is 5.32 Å². The summed E-state index contributed by atoms with van der Waals surface area (Å²) in [5, 5.41) is 3.03. The fourth-order valence-corrected chi connectivity index (χ4v) is 4.53. The number of benzene rings is 1. The van der Waals surface area contributed by atoms with Gasteiger partial charge in [-0.25, -0.2) is 0 Å². The molecule has 1 saturated heterocycles. The Morgan fingerprint density at radius 2 is 1.74 bits per heavy atom. The van der Waals surface area contributed by atoms with Crippen LogP contribution in [0.2, 0.25) is 0 Å². The summed E-state index contributed by atoms with van der Waals surface area (Å²) in [6, 6.07) is 10.2. The van der Waals surface area contributed by atoms with Gasteiger partial charge < -0.3 is 10.2 Å². The van der Waals surface area contributed by atoms with E-state index in [1.807, 2.05) is 30.0 Å². The Hall–Kier alpha value is -1.88. The lowest BCUT2D eigenvalue weighted by Gasteiger charge is -2.40. The number of rotatable bonds is 7. The molecule has 5 heteroatoms. The van der Waals surface area contributed by atoms with Gasteiger partial charge in [0, 0.05) is 39.1 Å². The number of carbonyl (C=O) groups is 2. The number of nitrogens with one attached hydrogen (secondary N) is 1. The second kappa shape index (κ2) is 9.88. The van der Waals surface area contributed by atoms with Crippen LogP contribution in [-0.4, -0.2) is 60.4 Å². The zero-order valence-electron chi connectivity index (χ0n) is 16.5. The lowest BCUT2D eigenvalue weighted by molar-refractivity contribution is -0.135. The number of hydrogen-bond donors (Lipinski definition) is 1. The van der Waals surface area contributed by atoms with Crippen molar-refractivity contribution in [3.05, 3.63) is 35.9 Å². The average molecular weight is 372 g/mol. The topological polar surface area (TPSA) is 52.7 Å². The molecule has 1 N–H and O–H groups in total. The molecule has 0 spiro atoms. The van der Waals surface area contributed by atoms with Crippen molar-refractivity contribution in [2.75, 3.05) is 32.7 Å². The largest absolute Gasteiger partial charge is 0.355 e. The molecular formula is C22H33N3O2. The van der Waals surface area contributed by atoms with Gasteiger partial charge in [0.25, 0.3) is 0 Å². The first-order chi connectivity index (χ1) is 13.2. The highest BCUT2D eigenvalue weighted by molar-refractivity contribution is 5.82.